The van der Waals surface area contributed by atoms with E-state index in [0.717, 1.165) is 57.2 Å². The fourth-order valence-electron chi connectivity index (χ4n) is 5.05. The molecule has 0 radical (unpaired) electrons. The van der Waals surface area contributed by atoms with Gasteiger partial charge in [0.15, 0.2) is 0 Å². The summed E-state index contributed by atoms with van der Waals surface area (Å²) in [6, 6.07) is 31.1. The second-order valence-electron chi connectivity index (χ2n) is 9.43. The molecule has 0 amide bonds. The molecule has 1 aliphatic rings. The van der Waals surface area contributed by atoms with Crippen LogP contribution in [-0.2, 0) is 6.54 Å². The van der Waals surface area contributed by atoms with Gasteiger partial charge in [0.2, 0.25) is 0 Å². The van der Waals surface area contributed by atoms with E-state index in [9.17, 15) is 4.79 Å². The molecule has 3 aromatic carbocycles. The summed E-state index contributed by atoms with van der Waals surface area (Å²) in [5.41, 5.74) is 5.27. The summed E-state index contributed by atoms with van der Waals surface area (Å²) in [6.07, 6.45) is 3.79. The number of aromatic nitrogens is 2. The fourth-order valence-corrected chi connectivity index (χ4v) is 6.10. The van der Waals surface area contributed by atoms with Crippen LogP contribution < -0.4 is 5.56 Å². The molecule has 0 bridgehead atoms. The number of benzene rings is 3. The SMILES string of the molecule is O=c1c2sc(-c3ccccc3)cc2nc(-c2ccc(-c3ccccc3)cc2)n1CCN1CCCCC1. The van der Waals surface area contributed by atoms with E-state index in [1.165, 1.54) is 24.8 Å². The van der Waals surface area contributed by atoms with Gasteiger partial charge in [-0.3, -0.25) is 9.36 Å². The van der Waals surface area contributed by atoms with Crippen LogP contribution in [-0.4, -0.2) is 34.1 Å². The molecule has 0 saturated carbocycles. The maximum Gasteiger partial charge on any atom is 0.271 e. The lowest BCUT2D eigenvalue weighted by molar-refractivity contribution is 0.220. The van der Waals surface area contributed by atoms with Crippen molar-refractivity contribution in [2.24, 2.45) is 0 Å². The van der Waals surface area contributed by atoms with Gasteiger partial charge in [-0.25, -0.2) is 4.98 Å². The summed E-state index contributed by atoms with van der Waals surface area (Å²) in [6.45, 7) is 3.75. The van der Waals surface area contributed by atoms with Crippen molar-refractivity contribution >= 4 is 21.6 Å². The molecule has 0 atom stereocenters. The molecule has 0 spiro atoms. The maximum atomic E-state index is 13.8. The highest BCUT2D eigenvalue weighted by Crippen LogP contribution is 2.32. The largest absolute Gasteiger partial charge is 0.302 e. The molecular formula is C31H29N3OS. The molecular weight excluding hydrogens is 462 g/mol. The number of rotatable bonds is 6. The van der Waals surface area contributed by atoms with Crippen molar-refractivity contribution in [3.63, 3.8) is 0 Å². The third kappa shape index (κ3) is 4.64. The molecule has 0 N–H and O–H groups in total. The molecule has 180 valence electrons. The highest BCUT2D eigenvalue weighted by molar-refractivity contribution is 7.22. The van der Waals surface area contributed by atoms with E-state index in [4.69, 9.17) is 4.98 Å². The van der Waals surface area contributed by atoms with Crippen LogP contribution >= 0.6 is 11.3 Å². The number of piperidine rings is 1. The average Bonchev–Trinajstić information content (AvgIpc) is 3.39. The molecule has 4 nitrogen and oxygen atoms in total. The lowest BCUT2D eigenvalue weighted by Crippen LogP contribution is -2.35. The number of hydrogen-bond donors (Lipinski definition) is 0. The summed E-state index contributed by atoms with van der Waals surface area (Å²) in [5.74, 6) is 0.751. The molecule has 36 heavy (non-hydrogen) atoms. The topological polar surface area (TPSA) is 38.1 Å². The smallest absolute Gasteiger partial charge is 0.271 e. The number of fused-ring (bicyclic) bond motifs is 1. The summed E-state index contributed by atoms with van der Waals surface area (Å²) in [5, 5.41) is 0. The van der Waals surface area contributed by atoms with E-state index in [1.54, 1.807) is 11.3 Å². The molecule has 2 aromatic heterocycles. The Hall–Kier alpha value is -3.54. The Morgan fingerprint density at radius 1 is 0.694 bits per heavy atom. The highest BCUT2D eigenvalue weighted by Gasteiger charge is 2.18. The van der Waals surface area contributed by atoms with Crippen LogP contribution in [0.15, 0.2) is 95.8 Å². The summed E-state index contributed by atoms with van der Waals surface area (Å²) in [7, 11) is 0. The van der Waals surface area contributed by atoms with E-state index in [2.05, 4.69) is 71.6 Å². The molecule has 6 rings (SSSR count). The minimum atomic E-state index is 0.0614. The first-order valence-electron chi connectivity index (χ1n) is 12.7. The molecule has 0 unspecified atom stereocenters. The third-order valence-electron chi connectivity index (χ3n) is 7.03. The number of likely N-dealkylation sites (tertiary alicyclic amines) is 1. The highest BCUT2D eigenvalue weighted by atomic mass is 32.1. The number of nitrogens with zero attached hydrogens (tertiary/aromatic N) is 3. The van der Waals surface area contributed by atoms with Gasteiger partial charge < -0.3 is 4.90 Å². The van der Waals surface area contributed by atoms with Crippen molar-refractivity contribution in [3.8, 4) is 33.0 Å². The Labute approximate surface area is 215 Å². The lowest BCUT2D eigenvalue weighted by atomic mass is 10.0. The third-order valence-corrected chi connectivity index (χ3v) is 8.19. The Morgan fingerprint density at radius 2 is 1.31 bits per heavy atom. The predicted molar refractivity (Wildman–Crippen MR) is 150 cm³/mol. The minimum absolute atomic E-state index is 0.0614. The Bertz CT molecular complexity index is 1520. The van der Waals surface area contributed by atoms with Gasteiger partial charge in [-0.15, -0.1) is 11.3 Å². The van der Waals surface area contributed by atoms with Crippen LogP contribution in [0.1, 0.15) is 19.3 Å². The van der Waals surface area contributed by atoms with Gasteiger partial charge in [0, 0.05) is 23.5 Å². The van der Waals surface area contributed by atoms with Crippen LogP contribution in [0.3, 0.4) is 0 Å². The standard InChI is InChI=1S/C31H29N3OS/c35-31-29-27(22-28(36-29)25-12-6-2-7-13-25)32-30(34(31)21-20-33-18-8-3-9-19-33)26-16-14-24(15-17-26)23-10-4-1-5-11-23/h1-2,4-7,10-17,22H,3,8-9,18-21H2. The quantitative estimate of drug-likeness (QED) is 0.258. The van der Waals surface area contributed by atoms with Crippen molar-refractivity contribution in [3.05, 3.63) is 101 Å². The van der Waals surface area contributed by atoms with E-state index in [-0.39, 0.29) is 5.56 Å². The van der Waals surface area contributed by atoms with Crippen LogP contribution in [0, 0.1) is 0 Å². The molecule has 1 fully saturated rings. The van der Waals surface area contributed by atoms with Crippen molar-refractivity contribution < 1.29 is 0 Å². The normalized spacial score (nSPS) is 14.3. The summed E-state index contributed by atoms with van der Waals surface area (Å²) in [4.78, 5) is 22.5. The molecule has 1 saturated heterocycles. The van der Waals surface area contributed by atoms with E-state index >= 15 is 0 Å². The number of thiophene rings is 1. The van der Waals surface area contributed by atoms with Gasteiger partial charge in [0.1, 0.15) is 10.5 Å². The van der Waals surface area contributed by atoms with E-state index < -0.39 is 0 Å². The first-order valence-corrected chi connectivity index (χ1v) is 13.6. The maximum absolute atomic E-state index is 13.8. The Morgan fingerprint density at radius 3 is 2.00 bits per heavy atom. The molecule has 5 heteroatoms. The Balaban J connectivity index is 1.42. The summed E-state index contributed by atoms with van der Waals surface area (Å²) < 4.78 is 2.64. The van der Waals surface area contributed by atoms with Crippen LogP contribution in [0.2, 0.25) is 0 Å². The lowest BCUT2D eigenvalue weighted by Gasteiger charge is -2.27. The minimum Gasteiger partial charge on any atom is -0.302 e. The van der Waals surface area contributed by atoms with Crippen molar-refractivity contribution in [1.29, 1.82) is 0 Å². The fraction of sp³-hybridized carbons (Fsp3) is 0.226. The van der Waals surface area contributed by atoms with Gasteiger partial charge in [-0.05, 0) is 48.7 Å². The molecule has 5 aromatic rings. The zero-order valence-corrected chi connectivity index (χ0v) is 21.1. The zero-order valence-electron chi connectivity index (χ0n) is 20.3. The van der Waals surface area contributed by atoms with Crippen molar-refractivity contribution in [2.75, 3.05) is 19.6 Å². The molecule has 0 aliphatic carbocycles. The predicted octanol–water partition coefficient (Wildman–Crippen LogP) is 6.94. The molecule has 3 heterocycles. The van der Waals surface area contributed by atoms with Crippen molar-refractivity contribution in [1.82, 2.24) is 14.5 Å². The van der Waals surface area contributed by atoms with E-state index in [0.29, 0.717) is 6.54 Å². The van der Waals surface area contributed by atoms with E-state index in [1.807, 2.05) is 28.8 Å². The average molecular weight is 492 g/mol. The Kier molecular flexibility index (Phi) is 6.50. The second-order valence-corrected chi connectivity index (χ2v) is 10.5. The van der Waals surface area contributed by atoms with Crippen LogP contribution in [0.4, 0.5) is 0 Å². The van der Waals surface area contributed by atoms with Crippen LogP contribution in [0.25, 0.3) is 43.2 Å². The first-order chi connectivity index (χ1) is 17.8. The first kappa shape index (κ1) is 22.9. The summed E-state index contributed by atoms with van der Waals surface area (Å²) >= 11 is 1.55. The van der Waals surface area contributed by atoms with Gasteiger partial charge in [0.05, 0.1) is 5.52 Å². The van der Waals surface area contributed by atoms with Gasteiger partial charge in [-0.2, -0.15) is 0 Å². The van der Waals surface area contributed by atoms with Gasteiger partial charge in [0.25, 0.3) is 5.56 Å². The van der Waals surface area contributed by atoms with Crippen LogP contribution in [0.5, 0.6) is 0 Å². The number of hydrogen-bond acceptors (Lipinski definition) is 4. The van der Waals surface area contributed by atoms with Crippen molar-refractivity contribution in [2.45, 2.75) is 25.8 Å². The second kappa shape index (κ2) is 10.2. The zero-order chi connectivity index (χ0) is 24.3. The van der Waals surface area contributed by atoms with Gasteiger partial charge >= 0.3 is 0 Å². The molecule has 1 aliphatic heterocycles. The monoisotopic (exact) mass is 491 g/mol. The van der Waals surface area contributed by atoms with Gasteiger partial charge in [-0.1, -0.05) is 91.3 Å².